The third-order valence-corrected chi connectivity index (χ3v) is 6.48. The predicted molar refractivity (Wildman–Crippen MR) is 133 cm³/mol. The van der Waals surface area contributed by atoms with E-state index in [1.807, 2.05) is 37.3 Å². The van der Waals surface area contributed by atoms with Gasteiger partial charge in [0.25, 0.3) is 5.56 Å². The van der Waals surface area contributed by atoms with E-state index in [0.717, 1.165) is 53.8 Å². The standard InChI is InChI=1S/C26H28BrN3O4/c1-18-12-19(15-29-9-6-22(31)7-10-29)2-5-24(18)25(32)16-30-11-8-23(13-26(30)33)34-17-21-4-3-20(27)14-28-21/h2-5,8,11-14,22,31H,6-7,9-10,15-17H2,1H3. The number of carbonyl (C=O) groups is 1. The Labute approximate surface area is 207 Å². The Hall–Kier alpha value is -2.81. The molecule has 0 bridgehead atoms. The fourth-order valence-corrected chi connectivity index (χ4v) is 4.31. The lowest BCUT2D eigenvalue weighted by molar-refractivity contribution is 0.0792. The summed E-state index contributed by atoms with van der Waals surface area (Å²) in [6, 6.07) is 12.6. The molecule has 3 aromatic rings. The van der Waals surface area contributed by atoms with Crippen molar-refractivity contribution in [3.05, 3.63) is 92.1 Å². The lowest BCUT2D eigenvalue weighted by Gasteiger charge is -2.29. The summed E-state index contributed by atoms with van der Waals surface area (Å²) in [7, 11) is 0. The lowest BCUT2D eigenvalue weighted by Crippen LogP contribution is -2.35. The quantitative estimate of drug-likeness (QED) is 0.451. The Balaban J connectivity index is 1.36. The number of piperidine rings is 1. The van der Waals surface area contributed by atoms with Crippen LogP contribution in [0.2, 0.25) is 0 Å². The molecule has 0 aliphatic carbocycles. The summed E-state index contributed by atoms with van der Waals surface area (Å²) < 4.78 is 7.94. The van der Waals surface area contributed by atoms with Crippen molar-refractivity contribution in [1.82, 2.24) is 14.5 Å². The number of ether oxygens (including phenoxy) is 1. The van der Waals surface area contributed by atoms with Crippen LogP contribution in [0.5, 0.6) is 5.75 Å². The average Bonchev–Trinajstić information content (AvgIpc) is 2.82. The van der Waals surface area contributed by atoms with Gasteiger partial charge in [-0.05, 0) is 65.0 Å². The monoisotopic (exact) mass is 525 g/mol. The van der Waals surface area contributed by atoms with Gasteiger partial charge in [-0.3, -0.25) is 19.5 Å². The van der Waals surface area contributed by atoms with Gasteiger partial charge in [0.1, 0.15) is 12.4 Å². The molecule has 3 heterocycles. The first kappa shape index (κ1) is 24.3. The van der Waals surface area contributed by atoms with Gasteiger partial charge in [0, 0.05) is 48.1 Å². The number of rotatable bonds is 8. The van der Waals surface area contributed by atoms with Crippen molar-refractivity contribution >= 4 is 21.7 Å². The van der Waals surface area contributed by atoms with Crippen LogP contribution >= 0.6 is 15.9 Å². The van der Waals surface area contributed by atoms with E-state index in [-0.39, 0.29) is 30.6 Å². The van der Waals surface area contributed by atoms with Crippen molar-refractivity contribution in [3.63, 3.8) is 0 Å². The van der Waals surface area contributed by atoms with E-state index >= 15 is 0 Å². The summed E-state index contributed by atoms with van der Waals surface area (Å²) in [5.74, 6) is 0.323. The van der Waals surface area contributed by atoms with Crippen LogP contribution in [0, 0.1) is 6.92 Å². The summed E-state index contributed by atoms with van der Waals surface area (Å²) in [6.45, 7) is 4.70. The smallest absolute Gasteiger partial charge is 0.254 e. The van der Waals surface area contributed by atoms with Crippen LogP contribution < -0.4 is 10.3 Å². The first-order valence-electron chi connectivity index (χ1n) is 11.3. The maximum Gasteiger partial charge on any atom is 0.254 e. The second kappa shape index (κ2) is 11.1. The highest BCUT2D eigenvalue weighted by Crippen LogP contribution is 2.18. The topological polar surface area (TPSA) is 84.7 Å². The number of halogens is 1. The largest absolute Gasteiger partial charge is 0.487 e. The van der Waals surface area contributed by atoms with Crippen LogP contribution in [-0.2, 0) is 19.7 Å². The van der Waals surface area contributed by atoms with Crippen LogP contribution in [0.3, 0.4) is 0 Å². The number of hydrogen-bond acceptors (Lipinski definition) is 6. The first-order valence-corrected chi connectivity index (χ1v) is 12.1. The molecule has 1 aromatic carbocycles. The van der Waals surface area contributed by atoms with Crippen molar-refractivity contribution in [3.8, 4) is 5.75 Å². The van der Waals surface area contributed by atoms with Gasteiger partial charge in [0.05, 0.1) is 18.3 Å². The SMILES string of the molecule is Cc1cc(CN2CCC(O)CC2)ccc1C(=O)Cn1ccc(OCc2ccc(Br)cn2)cc1=O. The lowest BCUT2D eigenvalue weighted by atomic mass is 10.0. The van der Waals surface area contributed by atoms with E-state index in [1.165, 1.54) is 10.6 Å². The molecule has 178 valence electrons. The number of benzene rings is 1. The molecule has 0 unspecified atom stereocenters. The zero-order valence-electron chi connectivity index (χ0n) is 19.1. The summed E-state index contributed by atoms with van der Waals surface area (Å²) in [5.41, 5.74) is 3.11. The number of carbonyl (C=O) groups excluding carboxylic acids is 1. The number of aliphatic hydroxyl groups is 1. The Morgan fingerprint density at radius 2 is 1.97 bits per heavy atom. The minimum atomic E-state index is -0.295. The number of aromatic nitrogens is 2. The van der Waals surface area contributed by atoms with Crippen molar-refractivity contribution in [2.45, 2.75) is 45.6 Å². The molecule has 0 atom stereocenters. The minimum absolute atomic E-state index is 0.0302. The van der Waals surface area contributed by atoms with Crippen LogP contribution in [0.25, 0.3) is 0 Å². The maximum atomic E-state index is 12.9. The molecular weight excluding hydrogens is 498 g/mol. The number of ketones is 1. The molecule has 1 aliphatic rings. The van der Waals surface area contributed by atoms with Gasteiger partial charge in [0.15, 0.2) is 5.78 Å². The van der Waals surface area contributed by atoms with Gasteiger partial charge in [-0.25, -0.2) is 0 Å². The minimum Gasteiger partial charge on any atom is -0.487 e. The van der Waals surface area contributed by atoms with Crippen LogP contribution in [0.1, 0.15) is 40.0 Å². The van der Waals surface area contributed by atoms with Crippen LogP contribution in [0.15, 0.2) is 64.1 Å². The van der Waals surface area contributed by atoms with Crippen molar-refractivity contribution in [1.29, 1.82) is 0 Å². The Morgan fingerprint density at radius 3 is 2.65 bits per heavy atom. The zero-order valence-corrected chi connectivity index (χ0v) is 20.7. The van der Waals surface area contributed by atoms with Gasteiger partial charge >= 0.3 is 0 Å². The summed E-state index contributed by atoms with van der Waals surface area (Å²) in [6.07, 6.45) is 4.69. The number of likely N-dealkylation sites (tertiary alicyclic amines) is 1. The van der Waals surface area contributed by atoms with Crippen LogP contribution in [0.4, 0.5) is 0 Å². The molecule has 4 rings (SSSR count). The Bertz CT molecular complexity index is 1200. The molecule has 1 N–H and O–H groups in total. The number of aliphatic hydroxyl groups excluding tert-OH is 1. The molecule has 1 saturated heterocycles. The molecule has 0 radical (unpaired) electrons. The molecule has 0 saturated carbocycles. The molecule has 34 heavy (non-hydrogen) atoms. The molecule has 2 aromatic heterocycles. The molecule has 0 spiro atoms. The van der Waals surface area contributed by atoms with Crippen LogP contribution in [-0.4, -0.2) is 44.5 Å². The number of Topliss-reactive ketones (excluding diaryl/α,β-unsaturated/α-hetero) is 1. The van der Waals surface area contributed by atoms with Gasteiger partial charge in [-0.1, -0.05) is 18.2 Å². The fraction of sp³-hybridized carbons (Fsp3) is 0.346. The highest BCUT2D eigenvalue weighted by Gasteiger charge is 2.18. The third-order valence-electron chi connectivity index (χ3n) is 6.01. The van der Waals surface area contributed by atoms with E-state index in [0.29, 0.717) is 11.3 Å². The fourth-order valence-electron chi connectivity index (χ4n) is 4.07. The van der Waals surface area contributed by atoms with Gasteiger partial charge < -0.3 is 14.4 Å². The number of aryl methyl sites for hydroxylation is 1. The van der Waals surface area contributed by atoms with E-state index in [9.17, 15) is 14.7 Å². The number of nitrogens with zero attached hydrogens (tertiary/aromatic N) is 3. The van der Waals surface area contributed by atoms with E-state index in [1.54, 1.807) is 18.5 Å². The molecule has 8 heteroatoms. The van der Waals surface area contributed by atoms with Gasteiger partial charge in [0.2, 0.25) is 0 Å². The Kier molecular flexibility index (Phi) is 7.92. The normalized spacial score (nSPS) is 14.8. The highest BCUT2D eigenvalue weighted by molar-refractivity contribution is 9.10. The van der Waals surface area contributed by atoms with Gasteiger partial charge in [-0.15, -0.1) is 0 Å². The van der Waals surface area contributed by atoms with Gasteiger partial charge in [-0.2, -0.15) is 0 Å². The van der Waals surface area contributed by atoms with Crippen molar-refractivity contribution in [2.75, 3.05) is 13.1 Å². The van der Waals surface area contributed by atoms with E-state index in [2.05, 4.69) is 25.8 Å². The second-order valence-electron chi connectivity index (χ2n) is 8.66. The summed E-state index contributed by atoms with van der Waals surface area (Å²) in [4.78, 5) is 32.0. The molecule has 1 aliphatic heterocycles. The first-order chi connectivity index (χ1) is 16.4. The summed E-state index contributed by atoms with van der Waals surface area (Å²) in [5, 5.41) is 9.67. The molecule has 0 amide bonds. The second-order valence-corrected chi connectivity index (χ2v) is 9.58. The number of pyridine rings is 2. The summed E-state index contributed by atoms with van der Waals surface area (Å²) >= 11 is 3.34. The third kappa shape index (κ3) is 6.40. The molecule has 1 fully saturated rings. The maximum absolute atomic E-state index is 12.9. The number of hydrogen-bond donors (Lipinski definition) is 1. The van der Waals surface area contributed by atoms with E-state index in [4.69, 9.17) is 4.74 Å². The zero-order chi connectivity index (χ0) is 24.1. The average molecular weight is 526 g/mol. The Morgan fingerprint density at radius 1 is 1.18 bits per heavy atom. The molecular formula is C26H28BrN3O4. The van der Waals surface area contributed by atoms with Crippen molar-refractivity contribution in [2.24, 2.45) is 0 Å². The predicted octanol–water partition coefficient (Wildman–Crippen LogP) is 3.73. The van der Waals surface area contributed by atoms with Crippen molar-refractivity contribution < 1.29 is 14.6 Å². The highest BCUT2D eigenvalue weighted by atomic mass is 79.9. The van der Waals surface area contributed by atoms with E-state index < -0.39 is 0 Å². The molecule has 7 nitrogen and oxygen atoms in total.